The highest BCUT2D eigenvalue weighted by Gasteiger charge is 2.11. The van der Waals surface area contributed by atoms with Crippen molar-refractivity contribution in [1.82, 2.24) is 15.5 Å². The summed E-state index contributed by atoms with van der Waals surface area (Å²) in [5, 5.41) is 16.4. The Labute approximate surface area is 208 Å². The molecule has 0 amide bonds. The van der Waals surface area contributed by atoms with Crippen LogP contribution in [-0.4, -0.2) is 75.6 Å². The lowest BCUT2D eigenvalue weighted by Gasteiger charge is -2.26. The summed E-state index contributed by atoms with van der Waals surface area (Å²) in [6.45, 7) is 6.46. The van der Waals surface area contributed by atoms with Gasteiger partial charge in [0.05, 0.1) is 19.8 Å². The van der Waals surface area contributed by atoms with E-state index in [0.717, 1.165) is 49.7 Å². The van der Waals surface area contributed by atoms with E-state index in [-0.39, 0.29) is 36.5 Å². The molecule has 1 atom stereocenters. The Bertz CT molecular complexity index is 801. The van der Waals surface area contributed by atoms with Gasteiger partial charge >= 0.3 is 0 Å². The molecule has 0 aliphatic carbocycles. The highest BCUT2D eigenvalue weighted by atomic mass is 127. The number of hydrogen-bond donors (Lipinski definition) is 3. The minimum atomic E-state index is 0. The molecule has 0 bridgehead atoms. The average molecular weight is 554 g/mol. The zero-order valence-electron chi connectivity index (χ0n) is 18.7. The maximum atomic E-state index is 9.73. The van der Waals surface area contributed by atoms with Crippen LogP contribution in [0.5, 0.6) is 5.75 Å². The second-order valence-electron chi connectivity index (χ2n) is 7.55. The molecule has 7 nitrogen and oxygen atoms in total. The van der Waals surface area contributed by atoms with Crippen LogP contribution in [0.2, 0.25) is 0 Å². The van der Waals surface area contributed by atoms with Crippen molar-refractivity contribution in [3.8, 4) is 5.75 Å². The lowest BCUT2D eigenvalue weighted by atomic mass is 10.0. The highest BCUT2D eigenvalue weighted by Crippen LogP contribution is 2.14. The van der Waals surface area contributed by atoms with Crippen molar-refractivity contribution in [3.05, 3.63) is 65.7 Å². The van der Waals surface area contributed by atoms with E-state index in [1.807, 2.05) is 42.5 Å². The smallest absolute Gasteiger partial charge is 0.191 e. The molecular formula is C24H35IN4O3. The normalized spacial score (nSPS) is 15.5. The summed E-state index contributed by atoms with van der Waals surface area (Å²) in [6, 6.07) is 18.1. The molecule has 1 aliphatic heterocycles. The number of guanidine groups is 1. The Morgan fingerprint density at radius 1 is 1.12 bits per heavy atom. The van der Waals surface area contributed by atoms with Gasteiger partial charge in [-0.3, -0.25) is 9.89 Å². The van der Waals surface area contributed by atoms with Gasteiger partial charge in [-0.1, -0.05) is 42.5 Å². The number of ether oxygens (including phenoxy) is 2. The standard InChI is InChI=1S/C24H34N4O3.HI/c1-25-24(27-18-22(19-29)21-7-3-2-4-8-21)26-17-20-6-5-9-23(16-20)31-15-12-28-10-13-30-14-11-28;/h2-9,16,22,29H,10-15,17-19H2,1H3,(H2,25,26,27);1H. The summed E-state index contributed by atoms with van der Waals surface area (Å²) in [4.78, 5) is 6.65. The molecule has 1 aliphatic rings. The van der Waals surface area contributed by atoms with Crippen LogP contribution in [0.3, 0.4) is 0 Å². The molecule has 0 radical (unpaired) electrons. The summed E-state index contributed by atoms with van der Waals surface area (Å²) in [7, 11) is 1.75. The molecule has 1 unspecified atom stereocenters. The zero-order chi connectivity index (χ0) is 21.7. The van der Waals surface area contributed by atoms with Crippen molar-refractivity contribution in [1.29, 1.82) is 0 Å². The number of hydrogen-bond acceptors (Lipinski definition) is 5. The fourth-order valence-electron chi connectivity index (χ4n) is 3.50. The van der Waals surface area contributed by atoms with Crippen LogP contribution < -0.4 is 15.4 Å². The van der Waals surface area contributed by atoms with E-state index in [2.05, 4.69) is 32.7 Å². The predicted octanol–water partition coefficient (Wildman–Crippen LogP) is 2.46. The van der Waals surface area contributed by atoms with Gasteiger partial charge in [0, 0.05) is 45.7 Å². The number of rotatable bonds is 10. The molecule has 0 aromatic heterocycles. The Hall–Kier alpha value is -1.88. The lowest BCUT2D eigenvalue weighted by Crippen LogP contribution is -2.39. The molecule has 0 spiro atoms. The quantitative estimate of drug-likeness (QED) is 0.238. The van der Waals surface area contributed by atoms with E-state index in [4.69, 9.17) is 9.47 Å². The summed E-state index contributed by atoms with van der Waals surface area (Å²) >= 11 is 0. The molecule has 32 heavy (non-hydrogen) atoms. The van der Waals surface area contributed by atoms with Gasteiger partial charge in [0.15, 0.2) is 5.96 Å². The number of aliphatic hydroxyl groups is 1. The van der Waals surface area contributed by atoms with Gasteiger partial charge in [-0.05, 0) is 23.3 Å². The van der Waals surface area contributed by atoms with E-state index in [1.165, 1.54) is 0 Å². The molecule has 0 saturated carbocycles. The number of nitrogens with one attached hydrogen (secondary N) is 2. The predicted molar refractivity (Wildman–Crippen MR) is 139 cm³/mol. The van der Waals surface area contributed by atoms with Crippen LogP contribution in [0, 0.1) is 0 Å². The Balaban J connectivity index is 0.00000363. The van der Waals surface area contributed by atoms with Gasteiger partial charge in [-0.25, -0.2) is 0 Å². The maximum absolute atomic E-state index is 9.73. The van der Waals surface area contributed by atoms with Crippen molar-refractivity contribution in [3.63, 3.8) is 0 Å². The van der Waals surface area contributed by atoms with E-state index in [9.17, 15) is 5.11 Å². The SMILES string of the molecule is CN=C(NCc1cccc(OCCN2CCOCC2)c1)NCC(CO)c1ccccc1.I. The summed E-state index contributed by atoms with van der Waals surface area (Å²) in [5.41, 5.74) is 2.23. The van der Waals surface area contributed by atoms with Gasteiger partial charge in [-0.15, -0.1) is 24.0 Å². The Kier molecular flexibility index (Phi) is 12.4. The first-order valence-corrected chi connectivity index (χ1v) is 10.9. The first kappa shape index (κ1) is 26.4. The third-order valence-electron chi connectivity index (χ3n) is 5.37. The topological polar surface area (TPSA) is 78.4 Å². The molecular weight excluding hydrogens is 519 g/mol. The van der Waals surface area contributed by atoms with Crippen molar-refractivity contribution in [2.45, 2.75) is 12.5 Å². The van der Waals surface area contributed by atoms with Crippen LogP contribution >= 0.6 is 24.0 Å². The molecule has 1 fully saturated rings. The second kappa shape index (κ2) is 15.0. The zero-order valence-corrected chi connectivity index (χ0v) is 21.0. The molecule has 3 rings (SSSR count). The first-order chi connectivity index (χ1) is 15.3. The van der Waals surface area contributed by atoms with E-state index in [0.29, 0.717) is 25.7 Å². The fraction of sp³-hybridized carbons (Fsp3) is 0.458. The van der Waals surface area contributed by atoms with Gasteiger partial charge in [0.1, 0.15) is 12.4 Å². The van der Waals surface area contributed by atoms with Crippen molar-refractivity contribution in [2.24, 2.45) is 4.99 Å². The number of halogens is 1. The first-order valence-electron chi connectivity index (χ1n) is 10.9. The van der Waals surface area contributed by atoms with Crippen LogP contribution in [-0.2, 0) is 11.3 Å². The fourth-order valence-corrected chi connectivity index (χ4v) is 3.50. The summed E-state index contributed by atoms with van der Waals surface area (Å²) in [6.07, 6.45) is 0. The Morgan fingerprint density at radius 2 is 1.91 bits per heavy atom. The second-order valence-corrected chi connectivity index (χ2v) is 7.55. The number of aliphatic hydroxyl groups excluding tert-OH is 1. The molecule has 3 N–H and O–H groups in total. The molecule has 1 heterocycles. The van der Waals surface area contributed by atoms with Crippen LogP contribution in [0.1, 0.15) is 17.0 Å². The van der Waals surface area contributed by atoms with Crippen LogP contribution in [0.25, 0.3) is 0 Å². The molecule has 176 valence electrons. The Morgan fingerprint density at radius 3 is 2.62 bits per heavy atom. The van der Waals surface area contributed by atoms with E-state index >= 15 is 0 Å². The molecule has 1 saturated heterocycles. The minimum absolute atomic E-state index is 0. The van der Waals surface area contributed by atoms with Gasteiger partial charge < -0.3 is 25.2 Å². The lowest BCUT2D eigenvalue weighted by molar-refractivity contribution is 0.0322. The molecule has 2 aromatic carbocycles. The highest BCUT2D eigenvalue weighted by molar-refractivity contribution is 14.0. The number of aliphatic imine (C=N–C) groups is 1. The number of benzene rings is 2. The van der Waals surface area contributed by atoms with Gasteiger partial charge in [0.2, 0.25) is 0 Å². The van der Waals surface area contributed by atoms with Crippen LogP contribution in [0.15, 0.2) is 59.6 Å². The van der Waals surface area contributed by atoms with E-state index < -0.39 is 0 Å². The van der Waals surface area contributed by atoms with Crippen molar-refractivity contribution >= 4 is 29.9 Å². The number of nitrogens with zero attached hydrogens (tertiary/aromatic N) is 2. The van der Waals surface area contributed by atoms with Crippen molar-refractivity contribution < 1.29 is 14.6 Å². The molecule has 8 heteroatoms. The number of morpholine rings is 1. The van der Waals surface area contributed by atoms with Gasteiger partial charge in [0.25, 0.3) is 0 Å². The summed E-state index contributed by atoms with van der Waals surface area (Å²) in [5.74, 6) is 1.59. The third-order valence-corrected chi connectivity index (χ3v) is 5.37. The minimum Gasteiger partial charge on any atom is -0.492 e. The van der Waals surface area contributed by atoms with Crippen molar-refractivity contribution in [2.75, 3.05) is 59.7 Å². The average Bonchev–Trinajstić information content (AvgIpc) is 2.83. The van der Waals surface area contributed by atoms with Crippen LogP contribution in [0.4, 0.5) is 0 Å². The van der Waals surface area contributed by atoms with Gasteiger partial charge in [-0.2, -0.15) is 0 Å². The molecule has 2 aromatic rings. The monoisotopic (exact) mass is 554 g/mol. The largest absolute Gasteiger partial charge is 0.492 e. The third kappa shape index (κ3) is 8.93. The van der Waals surface area contributed by atoms with E-state index in [1.54, 1.807) is 7.05 Å². The summed E-state index contributed by atoms with van der Waals surface area (Å²) < 4.78 is 11.3. The maximum Gasteiger partial charge on any atom is 0.191 e.